The second-order valence-corrected chi connectivity index (χ2v) is 8.21. The van der Waals surface area contributed by atoms with Crippen LogP contribution in [0.15, 0.2) is 50.7 Å². The minimum absolute atomic E-state index is 0.0552. The van der Waals surface area contributed by atoms with Crippen LogP contribution in [0.5, 0.6) is 5.88 Å². The molecule has 3 aromatic rings. The molecule has 1 aromatic heterocycles. The van der Waals surface area contributed by atoms with Crippen LogP contribution in [0.3, 0.4) is 0 Å². The van der Waals surface area contributed by atoms with Crippen molar-refractivity contribution in [2.45, 2.75) is 6.54 Å². The highest BCUT2D eigenvalue weighted by atomic mass is 79.9. The summed E-state index contributed by atoms with van der Waals surface area (Å²) in [6, 6.07) is 9.67. The Kier molecular flexibility index (Phi) is 4.75. The maximum absolute atomic E-state index is 13.2. The molecule has 27 heavy (non-hydrogen) atoms. The first kappa shape index (κ1) is 18.2. The van der Waals surface area contributed by atoms with E-state index in [1.807, 2.05) is 18.2 Å². The predicted octanol–water partition coefficient (Wildman–Crippen LogP) is 5.48. The summed E-state index contributed by atoms with van der Waals surface area (Å²) < 4.78 is 15.3. The van der Waals surface area contributed by atoms with E-state index >= 15 is 0 Å². The van der Waals surface area contributed by atoms with Gasteiger partial charge in [0, 0.05) is 26.8 Å². The number of halogens is 3. The molecule has 2 heterocycles. The second-order valence-electron chi connectivity index (χ2n) is 5.90. The van der Waals surface area contributed by atoms with E-state index in [-0.39, 0.29) is 22.3 Å². The quantitative estimate of drug-likeness (QED) is 0.557. The summed E-state index contributed by atoms with van der Waals surface area (Å²) in [5.74, 6) is -0.615. The zero-order valence-electron chi connectivity index (χ0n) is 13.6. The number of hydrogen-bond donors (Lipinski definition) is 1. The third kappa shape index (κ3) is 3.50. The fourth-order valence-electron chi connectivity index (χ4n) is 2.78. The molecule has 0 saturated heterocycles. The first-order chi connectivity index (χ1) is 12.9. The average molecular weight is 466 g/mol. The van der Waals surface area contributed by atoms with Gasteiger partial charge in [-0.05, 0) is 42.0 Å². The van der Waals surface area contributed by atoms with Gasteiger partial charge in [0.25, 0.3) is 0 Å². The maximum Gasteiger partial charge on any atom is 0.310 e. The molecular formula is C19H11BrClFN2O2S. The molecule has 4 nitrogen and oxygen atoms in total. The van der Waals surface area contributed by atoms with Gasteiger partial charge in [0.05, 0.1) is 17.1 Å². The minimum Gasteiger partial charge on any atom is -0.493 e. The van der Waals surface area contributed by atoms with Gasteiger partial charge in [0.2, 0.25) is 5.88 Å². The predicted molar refractivity (Wildman–Crippen MR) is 111 cm³/mol. The number of aromatic nitrogens is 1. The molecule has 0 spiro atoms. The zero-order valence-corrected chi connectivity index (χ0v) is 16.8. The lowest BCUT2D eigenvalue weighted by molar-refractivity contribution is 0.420. The van der Waals surface area contributed by atoms with Crippen LogP contribution in [0.25, 0.3) is 11.6 Å². The number of fused-ring (bicyclic) bond motifs is 1. The van der Waals surface area contributed by atoms with Gasteiger partial charge in [-0.15, -0.1) is 0 Å². The summed E-state index contributed by atoms with van der Waals surface area (Å²) in [5.41, 5.74) is 3.09. The Hall–Kier alpha value is -2.22. The second kappa shape index (κ2) is 7.07. The number of aromatic hydroxyl groups is 1. The smallest absolute Gasteiger partial charge is 0.310 e. The first-order valence-corrected chi connectivity index (χ1v) is 9.83. The summed E-state index contributed by atoms with van der Waals surface area (Å²) in [6.07, 6.45) is 3.42. The highest BCUT2D eigenvalue weighted by molar-refractivity contribution is 9.10. The summed E-state index contributed by atoms with van der Waals surface area (Å²) >= 11 is 10.4. The Morgan fingerprint density at radius 2 is 2.11 bits per heavy atom. The van der Waals surface area contributed by atoms with Crippen LogP contribution >= 0.6 is 38.9 Å². The average Bonchev–Trinajstić information content (AvgIpc) is 3.13. The number of aliphatic imine (C=N–C) groups is 1. The van der Waals surface area contributed by atoms with Gasteiger partial charge in [0.15, 0.2) is 0 Å². The molecule has 1 aliphatic rings. The highest BCUT2D eigenvalue weighted by Crippen LogP contribution is 2.36. The standard InChI is InChI=1S/C19H11BrClFN2O2S/c20-12-2-4-16-14(6-12)11(8-23-16)5-17-18(25)24(19(26)27-17)9-10-1-3-13(22)7-15(10)21/h1-8,25H,9H2/b11-5-. The van der Waals surface area contributed by atoms with Gasteiger partial charge >= 0.3 is 4.87 Å². The Bertz CT molecular complexity index is 1180. The molecule has 0 radical (unpaired) electrons. The van der Waals surface area contributed by atoms with Gasteiger partial charge in [-0.1, -0.05) is 44.9 Å². The number of hydrogen-bond acceptors (Lipinski definition) is 4. The third-order valence-corrected chi connectivity index (χ3v) is 5.90. The molecule has 0 saturated carbocycles. The van der Waals surface area contributed by atoms with Crippen molar-refractivity contribution >= 4 is 62.4 Å². The number of rotatable bonds is 3. The molecule has 0 aliphatic carbocycles. The summed E-state index contributed by atoms with van der Waals surface area (Å²) in [6.45, 7) is 0.0552. The lowest BCUT2D eigenvalue weighted by Crippen LogP contribution is -2.13. The van der Waals surface area contributed by atoms with E-state index in [1.54, 1.807) is 12.3 Å². The Morgan fingerprint density at radius 1 is 1.30 bits per heavy atom. The molecule has 136 valence electrons. The van der Waals surface area contributed by atoms with Crippen molar-refractivity contribution in [3.8, 4) is 5.88 Å². The normalized spacial score (nSPS) is 14.1. The number of benzene rings is 2. The van der Waals surface area contributed by atoms with Crippen LogP contribution in [0.4, 0.5) is 10.1 Å². The van der Waals surface area contributed by atoms with Crippen molar-refractivity contribution in [2.75, 3.05) is 0 Å². The monoisotopic (exact) mass is 464 g/mol. The van der Waals surface area contributed by atoms with Gasteiger partial charge in [-0.3, -0.25) is 14.4 Å². The number of thiazole rings is 1. The molecular weight excluding hydrogens is 455 g/mol. The van der Waals surface area contributed by atoms with Gasteiger partial charge < -0.3 is 5.11 Å². The molecule has 0 unspecified atom stereocenters. The van der Waals surface area contributed by atoms with Gasteiger partial charge in [0.1, 0.15) is 5.82 Å². The third-order valence-electron chi connectivity index (χ3n) is 4.14. The molecule has 1 aliphatic heterocycles. The Morgan fingerprint density at radius 3 is 2.89 bits per heavy atom. The highest BCUT2D eigenvalue weighted by Gasteiger charge is 2.18. The molecule has 2 aromatic carbocycles. The lowest BCUT2D eigenvalue weighted by atomic mass is 10.1. The van der Waals surface area contributed by atoms with E-state index in [2.05, 4.69) is 20.9 Å². The molecule has 0 amide bonds. The topological polar surface area (TPSA) is 54.6 Å². The fraction of sp³-hybridized carbons (Fsp3) is 0.0526. The maximum atomic E-state index is 13.2. The van der Waals surface area contributed by atoms with E-state index in [0.717, 1.165) is 32.6 Å². The van der Waals surface area contributed by atoms with Crippen molar-refractivity contribution < 1.29 is 9.50 Å². The zero-order chi connectivity index (χ0) is 19.1. The van der Waals surface area contributed by atoms with Crippen LogP contribution in [0.1, 0.15) is 16.0 Å². The van der Waals surface area contributed by atoms with E-state index in [1.165, 1.54) is 22.8 Å². The largest absolute Gasteiger partial charge is 0.493 e. The van der Waals surface area contributed by atoms with E-state index in [4.69, 9.17) is 11.6 Å². The summed E-state index contributed by atoms with van der Waals surface area (Å²) in [7, 11) is 0. The molecule has 0 bridgehead atoms. The summed E-state index contributed by atoms with van der Waals surface area (Å²) in [4.78, 5) is 16.8. The minimum atomic E-state index is -0.457. The van der Waals surface area contributed by atoms with Gasteiger partial charge in [-0.2, -0.15) is 0 Å². The van der Waals surface area contributed by atoms with Crippen molar-refractivity contribution in [3.63, 3.8) is 0 Å². The van der Waals surface area contributed by atoms with Crippen molar-refractivity contribution in [2.24, 2.45) is 4.99 Å². The molecule has 1 N–H and O–H groups in total. The van der Waals surface area contributed by atoms with E-state index in [0.29, 0.717) is 10.4 Å². The van der Waals surface area contributed by atoms with Crippen LogP contribution < -0.4 is 4.87 Å². The fourth-order valence-corrected chi connectivity index (χ4v) is 4.21. The van der Waals surface area contributed by atoms with Gasteiger partial charge in [-0.25, -0.2) is 4.39 Å². The van der Waals surface area contributed by atoms with Crippen LogP contribution in [0.2, 0.25) is 5.02 Å². The van der Waals surface area contributed by atoms with Crippen LogP contribution in [-0.4, -0.2) is 15.9 Å². The Balaban J connectivity index is 1.71. The summed E-state index contributed by atoms with van der Waals surface area (Å²) in [5, 5.41) is 10.7. The number of allylic oxidation sites excluding steroid dienone is 1. The van der Waals surface area contributed by atoms with Crippen LogP contribution in [0, 0.1) is 5.82 Å². The van der Waals surface area contributed by atoms with Crippen LogP contribution in [-0.2, 0) is 6.54 Å². The Labute approximate surface area is 171 Å². The van der Waals surface area contributed by atoms with Crippen molar-refractivity contribution in [1.29, 1.82) is 0 Å². The van der Waals surface area contributed by atoms with Crippen molar-refractivity contribution in [1.82, 2.24) is 4.57 Å². The number of nitrogens with zero attached hydrogens (tertiary/aromatic N) is 2. The lowest BCUT2D eigenvalue weighted by Gasteiger charge is -2.06. The SMILES string of the molecule is O=c1sc(/C=C2/C=Nc3ccc(Br)cc32)c(O)n1Cc1ccc(F)cc1Cl. The molecule has 0 fully saturated rings. The molecule has 0 atom stereocenters. The van der Waals surface area contributed by atoms with Crippen molar-refractivity contribution in [3.05, 3.63) is 77.4 Å². The molecule has 8 heteroatoms. The van der Waals surface area contributed by atoms with E-state index in [9.17, 15) is 14.3 Å². The van der Waals surface area contributed by atoms with E-state index < -0.39 is 5.82 Å². The molecule has 4 rings (SSSR count). The first-order valence-electron chi connectivity index (χ1n) is 7.84.